The summed E-state index contributed by atoms with van der Waals surface area (Å²) in [4.78, 5) is 38.3. The first-order valence-electron chi connectivity index (χ1n) is 9.35. The van der Waals surface area contributed by atoms with Gasteiger partial charge in [-0.25, -0.2) is 14.8 Å². The molecule has 7 nitrogen and oxygen atoms in total. The van der Waals surface area contributed by atoms with Gasteiger partial charge in [-0.05, 0) is 32.6 Å². The van der Waals surface area contributed by atoms with Crippen molar-refractivity contribution in [2.45, 2.75) is 13.3 Å². The third kappa shape index (κ3) is 4.57. The van der Waals surface area contributed by atoms with Crippen LogP contribution in [0.2, 0.25) is 0 Å². The number of ketones is 1. The number of fused-ring (bicyclic) bond motifs is 1. The van der Waals surface area contributed by atoms with Gasteiger partial charge in [-0.15, -0.1) is 0 Å². The van der Waals surface area contributed by atoms with Gasteiger partial charge in [0.05, 0.1) is 23.3 Å². The molecule has 0 spiro atoms. The number of carbonyl (C=O) groups excluding carboxylic acids is 2. The van der Waals surface area contributed by atoms with E-state index in [0.29, 0.717) is 34.4 Å². The van der Waals surface area contributed by atoms with E-state index in [2.05, 4.69) is 21.5 Å². The minimum atomic E-state index is -0.430. The molecule has 2 aromatic heterocycles. The van der Waals surface area contributed by atoms with E-state index in [0.717, 1.165) is 11.1 Å². The molecule has 3 rings (SSSR count). The lowest BCUT2D eigenvalue weighted by Crippen LogP contribution is -2.20. The Hall–Kier alpha value is -3.32. The standard InChI is InChI=1S/C22H24N4O3/c1-5-29-22(28)17-11-23-21-19(17)20(24-13-25-21)16-8-6-7-15(9-16)10-18(27)14(2)12-26(3)4/h6-9,11,13H,2,5,10,12H2,1,3-4H3,(H,23,24,25). The van der Waals surface area contributed by atoms with Crippen LogP contribution < -0.4 is 0 Å². The van der Waals surface area contributed by atoms with Gasteiger partial charge in [-0.2, -0.15) is 0 Å². The van der Waals surface area contributed by atoms with E-state index < -0.39 is 5.97 Å². The van der Waals surface area contributed by atoms with Crippen LogP contribution >= 0.6 is 0 Å². The summed E-state index contributed by atoms with van der Waals surface area (Å²) in [6, 6.07) is 7.57. The van der Waals surface area contributed by atoms with Crippen LogP contribution in [0.3, 0.4) is 0 Å². The number of benzene rings is 1. The topological polar surface area (TPSA) is 88.2 Å². The number of hydrogen-bond donors (Lipinski definition) is 1. The van der Waals surface area contributed by atoms with Gasteiger partial charge >= 0.3 is 5.97 Å². The molecular formula is C22H24N4O3. The lowest BCUT2D eigenvalue weighted by atomic mass is 9.99. The number of Topliss-reactive ketones (excluding diaryl/α,β-unsaturated/α-hetero) is 1. The summed E-state index contributed by atoms with van der Waals surface area (Å²) in [5.74, 6) is -0.432. The maximum atomic E-state index is 12.5. The molecule has 0 aliphatic heterocycles. The molecule has 0 aliphatic rings. The summed E-state index contributed by atoms with van der Waals surface area (Å²) >= 11 is 0. The van der Waals surface area contributed by atoms with Crippen molar-refractivity contribution in [2.75, 3.05) is 27.2 Å². The van der Waals surface area contributed by atoms with Gasteiger partial charge in [0.2, 0.25) is 0 Å². The third-order valence-electron chi connectivity index (χ3n) is 4.43. The van der Waals surface area contributed by atoms with E-state index in [4.69, 9.17) is 4.74 Å². The van der Waals surface area contributed by atoms with Gasteiger partial charge in [0, 0.05) is 30.3 Å². The van der Waals surface area contributed by atoms with Crippen LogP contribution in [-0.2, 0) is 16.0 Å². The molecule has 1 N–H and O–H groups in total. The summed E-state index contributed by atoms with van der Waals surface area (Å²) in [5, 5.41) is 0.603. The van der Waals surface area contributed by atoms with E-state index in [1.807, 2.05) is 43.3 Å². The maximum Gasteiger partial charge on any atom is 0.340 e. The Kier molecular flexibility index (Phi) is 6.19. The van der Waals surface area contributed by atoms with E-state index in [1.54, 1.807) is 13.1 Å². The number of rotatable bonds is 8. The van der Waals surface area contributed by atoms with Crippen molar-refractivity contribution in [3.63, 3.8) is 0 Å². The number of H-pyrrole nitrogens is 1. The zero-order valence-corrected chi connectivity index (χ0v) is 16.9. The summed E-state index contributed by atoms with van der Waals surface area (Å²) in [6.07, 6.45) is 3.28. The molecule has 1 aromatic carbocycles. The number of ether oxygens (including phenoxy) is 1. The first kappa shape index (κ1) is 20.4. The number of aromatic nitrogens is 3. The second kappa shape index (κ2) is 8.79. The lowest BCUT2D eigenvalue weighted by Gasteiger charge is -2.12. The predicted molar refractivity (Wildman–Crippen MR) is 112 cm³/mol. The number of nitrogens with one attached hydrogen (secondary N) is 1. The first-order chi connectivity index (χ1) is 13.9. The second-order valence-corrected chi connectivity index (χ2v) is 7.01. The van der Waals surface area contributed by atoms with Crippen molar-refractivity contribution in [2.24, 2.45) is 0 Å². The molecule has 0 bridgehead atoms. The van der Waals surface area contributed by atoms with Crippen LogP contribution in [0.4, 0.5) is 0 Å². The summed E-state index contributed by atoms with van der Waals surface area (Å²) < 4.78 is 5.15. The maximum absolute atomic E-state index is 12.5. The summed E-state index contributed by atoms with van der Waals surface area (Å²) in [7, 11) is 3.80. The average Bonchev–Trinajstić information content (AvgIpc) is 3.12. The molecule has 7 heteroatoms. The second-order valence-electron chi connectivity index (χ2n) is 7.01. The van der Waals surface area contributed by atoms with Gasteiger partial charge in [-0.1, -0.05) is 24.8 Å². The van der Waals surface area contributed by atoms with E-state index in [9.17, 15) is 9.59 Å². The van der Waals surface area contributed by atoms with Crippen molar-refractivity contribution in [3.05, 3.63) is 60.1 Å². The quantitative estimate of drug-likeness (QED) is 0.468. The van der Waals surface area contributed by atoms with Crippen LogP contribution in [0.15, 0.2) is 48.9 Å². The average molecular weight is 392 g/mol. The normalized spacial score (nSPS) is 11.0. The molecule has 0 radical (unpaired) electrons. The molecule has 0 fully saturated rings. The Bertz CT molecular complexity index is 1070. The predicted octanol–water partition coefficient (Wildman–Crippen LogP) is 3.03. The molecule has 150 valence electrons. The number of esters is 1. The van der Waals surface area contributed by atoms with Crippen molar-refractivity contribution in [3.8, 4) is 11.3 Å². The molecule has 0 aliphatic carbocycles. The highest BCUT2D eigenvalue weighted by atomic mass is 16.5. The van der Waals surface area contributed by atoms with E-state index in [1.165, 1.54) is 6.33 Å². The van der Waals surface area contributed by atoms with Crippen LogP contribution in [0.1, 0.15) is 22.8 Å². The van der Waals surface area contributed by atoms with E-state index in [-0.39, 0.29) is 18.8 Å². The molecular weight excluding hydrogens is 368 g/mol. The number of carbonyl (C=O) groups is 2. The highest BCUT2D eigenvalue weighted by molar-refractivity contribution is 6.08. The smallest absolute Gasteiger partial charge is 0.340 e. The van der Waals surface area contributed by atoms with Gasteiger partial charge in [0.25, 0.3) is 0 Å². The molecule has 29 heavy (non-hydrogen) atoms. The number of hydrogen-bond acceptors (Lipinski definition) is 6. The van der Waals surface area contributed by atoms with Gasteiger partial charge < -0.3 is 14.6 Å². The molecule has 0 saturated carbocycles. The molecule has 3 aromatic rings. The minimum Gasteiger partial charge on any atom is -0.462 e. The molecule has 0 saturated heterocycles. The highest BCUT2D eigenvalue weighted by Crippen LogP contribution is 2.29. The fraction of sp³-hybridized carbons (Fsp3) is 0.273. The zero-order chi connectivity index (χ0) is 21.0. The van der Waals surface area contributed by atoms with Crippen LogP contribution in [0.25, 0.3) is 22.3 Å². The minimum absolute atomic E-state index is 0.00228. The first-order valence-corrected chi connectivity index (χ1v) is 9.35. The van der Waals surface area contributed by atoms with Crippen LogP contribution in [0.5, 0.6) is 0 Å². The van der Waals surface area contributed by atoms with Crippen molar-refractivity contribution in [1.82, 2.24) is 19.9 Å². The van der Waals surface area contributed by atoms with Gasteiger partial charge in [-0.3, -0.25) is 4.79 Å². The van der Waals surface area contributed by atoms with Gasteiger partial charge in [0.1, 0.15) is 12.0 Å². The fourth-order valence-electron chi connectivity index (χ4n) is 3.16. The lowest BCUT2D eigenvalue weighted by molar-refractivity contribution is -0.115. The zero-order valence-electron chi connectivity index (χ0n) is 16.9. The van der Waals surface area contributed by atoms with Crippen molar-refractivity contribution in [1.29, 1.82) is 0 Å². The Morgan fingerprint density at radius 2 is 2.03 bits per heavy atom. The molecule has 0 atom stereocenters. The Morgan fingerprint density at radius 1 is 1.24 bits per heavy atom. The largest absolute Gasteiger partial charge is 0.462 e. The summed E-state index contributed by atoms with van der Waals surface area (Å²) in [5.41, 5.74) is 3.77. The summed E-state index contributed by atoms with van der Waals surface area (Å²) in [6.45, 7) is 6.45. The van der Waals surface area contributed by atoms with Gasteiger partial charge in [0.15, 0.2) is 5.78 Å². The SMILES string of the molecule is C=C(CN(C)C)C(=O)Cc1cccc(-c2ncnc3[nH]cc(C(=O)OCC)c23)c1. The molecule has 0 unspecified atom stereocenters. The Balaban J connectivity index is 1.96. The highest BCUT2D eigenvalue weighted by Gasteiger charge is 2.19. The van der Waals surface area contributed by atoms with Crippen molar-refractivity contribution >= 4 is 22.8 Å². The Labute approximate surface area is 169 Å². The Morgan fingerprint density at radius 3 is 2.76 bits per heavy atom. The van der Waals surface area contributed by atoms with Crippen LogP contribution in [-0.4, -0.2) is 58.9 Å². The third-order valence-corrected chi connectivity index (χ3v) is 4.43. The number of nitrogens with zero attached hydrogens (tertiary/aromatic N) is 3. The van der Waals surface area contributed by atoms with E-state index >= 15 is 0 Å². The van der Waals surface area contributed by atoms with Crippen LogP contribution in [0, 0.1) is 0 Å². The monoisotopic (exact) mass is 392 g/mol. The molecule has 2 heterocycles. The number of aromatic amines is 1. The number of likely N-dealkylation sites (N-methyl/N-ethyl adjacent to an activating group) is 1. The van der Waals surface area contributed by atoms with Crippen molar-refractivity contribution < 1.29 is 14.3 Å². The fourth-order valence-corrected chi connectivity index (χ4v) is 3.16. The molecule has 0 amide bonds.